The Morgan fingerprint density at radius 2 is 1.59 bits per heavy atom. The van der Waals surface area contributed by atoms with E-state index >= 15 is 0 Å². The Bertz CT molecular complexity index is 635. The molecule has 3 saturated carbocycles. The van der Waals surface area contributed by atoms with Gasteiger partial charge in [-0.1, -0.05) is 81.6 Å². The van der Waals surface area contributed by atoms with Gasteiger partial charge in [-0.2, -0.15) is 0 Å². The third-order valence-corrected chi connectivity index (χ3v) is 11.1. The highest BCUT2D eigenvalue weighted by molar-refractivity contribution is 6.18. The van der Waals surface area contributed by atoms with E-state index in [1.54, 1.807) is 0 Å². The fourth-order valence-electron chi connectivity index (χ4n) is 9.03. The zero-order valence-electron chi connectivity index (χ0n) is 24.2. The van der Waals surface area contributed by atoms with Crippen LogP contribution < -0.4 is 5.32 Å². The molecule has 0 radical (unpaired) electrons. The number of nitrogens with one attached hydrogen (secondary N) is 1. The Morgan fingerprint density at radius 1 is 0.941 bits per heavy atom. The lowest BCUT2D eigenvalue weighted by Crippen LogP contribution is -2.63. The number of carbonyl (C=O) groups is 1. The fourth-order valence-corrected chi connectivity index (χ4v) is 9.36. The Kier molecular flexibility index (Phi) is 11.3. The van der Waals surface area contributed by atoms with Crippen LogP contribution in [0.3, 0.4) is 0 Å². The Hall–Kier alpha value is -0.240. The van der Waals surface area contributed by atoms with Crippen LogP contribution in [-0.4, -0.2) is 17.8 Å². The lowest BCUT2D eigenvalue weighted by atomic mass is 9.44. The summed E-state index contributed by atoms with van der Waals surface area (Å²) >= 11 is 6.63. The highest BCUT2D eigenvalue weighted by atomic mass is 35.5. The van der Waals surface area contributed by atoms with Crippen molar-refractivity contribution in [3.63, 3.8) is 0 Å². The minimum atomic E-state index is 0.265. The summed E-state index contributed by atoms with van der Waals surface area (Å²) in [5.41, 5.74) is 0.785. The van der Waals surface area contributed by atoms with Crippen molar-refractivity contribution in [3.8, 4) is 0 Å². The van der Waals surface area contributed by atoms with Crippen molar-refractivity contribution in [1.82, 2.24) is 5.32 Å². The predicted octanol–water partition coefficient (Wildman–Crippen LogP) is 9.10. The first-order valence-electron chi connectivity index (χ1n) is 15.1. The second kappa shape index (κ2) is 12.8. The van der Waals surface area contributed by atoms with Gasteiger partial charge in [0.15, 0.2) is 0 Å². The molecule has 9 atom stereocenters. The maximum Gasteiger partial charge on any atom is 0.220 e. The fraction of sp³-hybridized carbons (Fsp3) is 0.968. The van der Waals surface area contributed by atoms with Crippen molar-refractivity contribution in [2.45, 2.75) is 133 Å². The van der Waals surface area contributed by atoms with E-state index in [1.807, 2.05) is 27.7 Å². The van der Waals surface area contributed by atoms with E-state index in [1.165, 1.54) is 44.9 Å². The first-order valence-corrected chi connectivity index (χ1v) is 15.6. The third-order valence-electron chi connectivity index (χ3n) is 10.7. The molecule has 4 aliphatic rings. The highest BCUT2D eigenvalue weighted by Crippen LogP contribution is 2.67. The predicted molar refractivity (Wildman–Crippen MR) is 149 cm³/mol. The molecule has 2 nitrogen and oxygen atoms in total. The maximum absolute atomic E-state index is 12.2. The quantitative estimate of drug-likeness (QED) is 0.365. The lowest BCUT2D eigenvalue weighted by Gasteiger charge is -2.62. The molecule has 3 heteroatoms. The number of fused-ring (bicyclic) bond motifs is 5. The summed E-state index contributed by atoms with van der Waals surface area (Å²) in [6.07, 6.45) is 12.7. The molecular formula is C31H58ClNO. The number of amides is 1. The van der Waals surface area contributed by atoms with E-state index in [4.69, 9.17) is 11.6 Å². The summed E-state index contributed by atoms with van der Waals surface area (Å²) in [6.45, 7) is 20.4. The summed E-state index contributed by atoms with van der Waals surface area (Å²) < 4.78 is 0. The number of rotatable bonds is 6. The number of hydrogen-bond acceptors (Lipinski definition) is 1. The number of alkyl halides is 1. The van der Waals surface area contributed by atoms with Crippen LogP contribution in [0.15, 0.2) is 0 Å². The molecule has 34 heavy (non-hydrogen) atoms. The van der Waals surface area contributed by atoms with E-state index in [0.717, 1.165) is 60.6 Å². The molecule has 0 aromatic carbocycles. The Balaban J connectivity index is 0.000000970. The zero-order valence-corrected chi connectivity index (χ0v) is 24.9. The van der Waals surface area contributed by atoms with E-state index in [9.17, 15) is 4.79 Å². The summed E-state index contributed by atoms with van der Waals surface area (Å²) in [5.74, 6) is 6.54. The molecule has 4 rings (SSSR count). The van der Waals surface area contributed by atoms with E-state index in [0.29, 0.717) is 17.4 Å². The van der Waals surface area contributed by atoms with Gasteiger partial charge in [0, 0.05) is 18.3 Å². The first kappa shape index (κ1) is 30.0. The molecular weight excluding hydrogens is 438 g/mol. The minimum absolute atomic E-state index is 0.265. The van der Waals surface area contributed by atoms with Gasteiger partial charge in [-0.25, -0.2) is 0 Å². The van der Waals surface area contributed by atoms with Gasteiger partial charge in [-0.15, -0.1) is 11.6 Å². The van der Waals surface area contributed by atoms with Gasteiger partial charge >= 0.3 is 0 Å². The van der Waals surface area contributed by atoms with Gasteiger partial charge in [-0.05, 0) is 90.8 Å². The Morgan fingerprint density at radius 3 is 2.21 bits per heavy atom. The molecule has 4 fully saturated rings. The maximum atomic E-state index is 12.2. The van der Waals surface area contributed by atoms with Crippen molar-refractivity contribution in [3.05, 3.63) is 0 Å². The molecule has 0 aromatic heterocycles. The molecule has 1 heterocycles. The third kappa shape index (κ3) is 5.68. The molecule has 1 N–H and O–H groups in total. The highest BCUT2D eigenvalue weighted by Gasteiger charge is 2.62. The largest absolute Gasteiger partial charge is 0.353 e. The lowest BCUT2D eigenvalue weighted by molar-refractivity contribution is -0.144. The van der Waals surface area contributed by atoms with Crippen molar-refractivity contribution < 1.29 is 4.79 Å². The molecule has 3 aliphatic carbocycles. The van der Waals surface area contributed by atoms with Crippen LogP contribution >= 0.6 is 11.6 Å². The minimum Gasteiger partial charge on any atom is -0.353 e. The van der Waals surface area contributed by atoms with E-state index in [2.05, 4.69) is 39.9 Å². The van der Waals surface area contributed by atoms with Crippen LogP contribution in [0.25, 0.3) is 0 Å². The van der Waals surface area contributed by atoms with Gasteiger partial charge < -0.3 is 5.32 Å². The molecule has 1 amide bonds. The summed E-state index contributed by atoms with van der Waals surface area (Å²) in [5, 5.41) is 3.39. The van der Waals surface area contributed by atoms with Gasteiger partial charge in [0.1, 0.15) is 0 Å². The van der Waals surface area contributed by atoms with Gasteiger partial charge in [0.2, 0.25) is 5.91 Å². The van der Waals surface area contributed by atoms with E-state index < -0.39 is 0 Å². The van der Waals surface area contributed by atoms with Gasteiger partial charge in [-0.3, -0.25) is 4.79 Å². The van der Waals surface area contributed by atoms with Crippen LogP contribution in [0.4, 0.5) is 0 Å². The molecule has 0 aromatic rings. The second-order valence-electron chi connectivity index (χ2n) is 12.6. The topological polar surface area (TPSA) is 29.1 Å². The average molecular weight is 496 g/mol. The molecule has 1 saturated heterocycles. The van der Waals surface area contributed by atoms with Crippen molar-refractivity contribution >= 4 is 17.5 Å². The van der Waals surface area contributed by atoms with Crippen LogP contribution in [0, 0.1) is 52.3 Å². The van der Waals surface area contributed by atoms with Crippen LogP contribution in [0.1, 0.15) is 127 Å². The molecule has 200 valence electrons. The van der Waals surface area contributed by atoms with Gasteiger partial charge in [0.25, 0.3) is 0 Å². The number of hydrogen-bond donors (Lipinski definition) is 1. The number of carbonyl (C=O) groups excluding carboxylic acids is 1. The standard InChI is InChI=1S/C27H46ClNO.2C2H6/c1-17(2)7-6-8-18(3)20-9-10-21-25-19(16-28)15-23-27(5,14-12-24(30)29-23)22(25)11-13-26(20,21)4;2*1-2/h17-23,25H,6-16H2,1-5H3,(H,29,30);2*1-2H3/t18?,19?,20?,21?,22?,23?,25?,26?,27-;;/m1../s1. The monoisotopic (exact) mass is 495 g/mol. The SMILES string of the molecule is CC.CC.CC(C)CCCC(C)C1CCC2C3C(CCl)CC4NC(=O)CC[C@]4(C)C3CCC12C. The van der Waals surface area contributed by atoms with Gasteiger partial charge in [0.05, 0.1) is 0 Å². The molecule has 1 aliphatic heterocycles. The smallest absolute Gasteiger partial charge is 0.220 e. The molecule has 0 spiro atoms. The van der Waals surface area contributed by atoms with Crippen molar-refractivity contribution in [2.75, 3.05) is 5.88 Å². The molecule has 8 unspecified atom stereocenters. The zero-order chi connectivity index (χ0) is 25.7. The first-order chi connectivity index (χ1) is 16.2. The number of piperidine rings is 1. The summed E-state index contributed by atoms with van der Waals surface area (Å²) in [7, 11) is 0. The summed E-state index contributed by atoms with van der Waals surface area (Å²) in [4.78, 5) is 12.2. The Labute approximate surface area is 218 Å². The summed E-state index contributed by atoms with van der Waals surface area (Å²) in [6, 6.07) is 0.347. The molecule has 0 bridgehead atoms. The van der Waals surface area contributed by atoms with Crippen LogP contribution in [-0.2, 0) is 4.79 Å². The van der Waals surface area contributed by atoms with Crippen molar-refractivity contribution in [1.29, 1.82) is 0 Å². The van der Waals surface area contributed by atoms with E-state index in [-0.39, 0.29) is 11.3 Å². The average Bonchev–Trinajstić information content (AvgIpc) is 3.18. The second-order valence-corrected chi connectivity index (χ2v) is 12.9. The van der Waals surface area contributed by atoms with Crippen LogP contribution in [0.2, 0.25) is 0 Å². The normalized spacial score (nSPS) is 41.6. The van der Waals surface area contributed by atoms with Crippen molar-refractivity contribution in [2.24, 2.45) is 52.3 Å². The van der Waals surface area contributed by atoms with Crippen LogP contribution in [0.5, 0.6) is 0 Å². The number of halogens is 1.